The Morgan fingerprint density at radius 1 is 1.00 bits per heavy atom. The first-order valence-electron chi connectivity index (χ1n) is 5.12. The van der Waals surface area contributed by atoms with Gasteiger partial charge < -0.3 is 9.47 Å². The third-order valence-electron chi connectivity index (χ3n) is 2.21. The average Bonchev–Trinajstić information content (AvgIpc) is 2.28. The minimum absolute atomic E-state index is 0.574. The van der Waals surface area contributed by atoms with Gasteiger partial charge in [0.25, 0.3) is 0 Å². The molecule has 0 bridgehead atoms. The third kappa shape index (κ3) is 3.14. The summed E-state index contributed by atoms with van der Waals surface area (Å²) in [6.07, 6.45) is 0. The summed E-state index contributed by atoms with van der Waals surface area (Å²) in [5, 5.41) is 0.574. The maximum absolute atomic E-state index is 5.95. The number of hydrogen-bond acceptors (Lipinski definition) is 2. The lowest BCUT2D eigenvalue weighted by molar-refractivity contribution is 0.409. The van der Waals surface area contributed by atoms with Gasteiger partial charge in [0.05, 0.1) is 7.11 Å². The lowest BCUT2D eigenvalue weighted by atomic mass is 10.2. The molecule has 0 aromatic heterocycles. The average molecular weight is 248 g/mol. The van der Waals surface area contributed by atoms with Crippen LogP contribution < -0.4 is 9.47 Å². The van der Waals surface area contributed by atoms with Crippen molar-refractivity contribution in [1.82, 2.24) is 0 Å². The van der Waals surface area contributed by atoms with Gasteiger partial charge in [0, 0.05) is 11.1 Å². The van der Waals surface area contributed by atoms with Crippen LogP contribution in [0.15, 0.2) is 42.5 Å². The highest BCUT2D eigenvalue weighted by Gasteiger charge is 2.02. The first-order chi connectivity index (χ1) is 8.17. The highest BCUT2D eigenvalue weighted by molar-refractivity contribution is 6.30. The molecule has 1 radical (unpaired) electrons. The molecule has 17 heavy (non-hydrogen) atoms. The summed E-state index contributed by atoms with van der Waals surface area (Å²) in [5.74, 6) is 2.03. The Kier molecular flexibility index (Phi) is 3.55. The summed E-state index contributed by atoms with van der Waals surface area (Å²) in [6.45, 7) is 3.84. The van der Waals surface area contributed by atoms with Crippen LogP contribution in [0.2, 0.25) is 5.02 Å². The second-order valence-corrected chi connectivity index (χ2v) is 4.01. The zero-order chi connectivity index (χ0) is 12.3. The summed E-state index contributed by atoms with van der Waals surface area (Å²) in [5.41, 5.74) is 0.900. The Balaban J connectivity index is 2.26. The zero-order valence-corrected chi connectivity index (χ0v) is 10.2. The highest BCUT2D eigenvalue weighted by atomic mass is 35.5. The molecule has 2 nitrogen and oxygen atoms in total. The van der Waals surface area contributed by atoms with Crippen LogP contribution >= 0.6 is 11.6 Å². The topological polar surface area (TPSA) is 18.5 Å². The predicted molar refractivity (Wildman–Crippen MR) is 69.0 cm³/mol. The second kappa shape index (κ2) is 5.11. The van der Waals surface area contributed by atoms with Crippen LogP contribution in [-0.4, -0.2) is 7.11 Å². The summed E-state index contributed by atoms with van der Waals surface area (Å²) < 4.78 is 10.8. The Labute approximate surface area is 106 Å². The van der Waals surface area contributed by atoms with E-state index in [4.69, 9.17) is 21.1 Å². The van der Waals surface area contributed by atoms with Crippen LogP contribution in [0.5, 0.6) is 17.2 Å². The monoisotopic (exact) mass is 247 g/mol. The van der Waals surface area contributed by atoms with E-state index in [1.54, 1.807) is 25.3 Å². The Morgan fingerprint density at radius 2 is 1.76 bits per heavy atom. The van der Waals surface area contributed by atoms with Crippen molar-refractivity contribution >= 4 is 11.6 Å². The lowest BCUT2D eigenvalue weighted by Crippen LogP contribution is -1.87. The molecular weight excluding hydrogens is 236 g/mol. The molecule has 2 rings (SSSR count). The summed E-state index contributed by atoms with van der Waals surface area (Å²) in [4.78, 5) is 0. The van der Waals surface area contributed by atoms with Crippen molar-refractivity contribution in [2.45, 2.75) is 0 Å². The van der Waals surface area contributed by atoms with E-state index in [0.717, 1.165) is 11.3 Å². The fraction of sp³-hybridized carbons (Fsp3) is 0.0714. The SMILES string of the molecule is [CH2]c1cccc(Oc2cc(Cl)cc(OC)c2)c1. The zero-order valence-electron chi connectivity index (χ0n) is 9.44. The van der Waals surface area contributed by atoms with Crippen LogP contribution in [0.1, 0.15) is 5.56 Å². The van der Waals surface area contributed by atoms with E-state index in [-0.39, 0.29) is 0 Å². The molecule has 0 fully saturated rings. The third-order valence-corrected chi connectivity index (χ3v) is 2.43. The van der Waals surface area contributed by atoms with E-state index in [1.807, 2.05) is 24.3 Å². The van der Waals surface area contributed by atoms with E-state index in [0.29, 0.717) is 16.5 Å². The molecule has 2 aromatic rings. The molecule has 0 saturated carbocycles. The molecule has 0 saturated heterocycles. The molecule has 0 aliphatic heterocycles. The number of rotatable bonds is 3. The van der Waals surface area contributed by atoms with Gasteiger partial charge in [0.15, 0.2) is 0 Å². The Morgan fingerprint density at radius 3 is 2.47 bits per heavy atom. The van der Waals surface area contributed by atoms with Crippen molar-refractivity contribution in [3.8, 4) is 17.2 Å². The Hall–Kier alpha value is -1.67. The quantitative estimate of drug-likeness (QED) is 0.804. The highest BCUT2D eigenvalue weighted by Crippen LogP contribution is 2.29. The molecule has 87 valence electrons. The molecule has 0 aliphatic rings. The molecule has 0 atom stereocenters. The summed E-state index contributed by atoms with van der Waals surface area (Å²) in [6, 6.07) is 12.8. The fourth-order valence-corrected chi connectivity index (χ4v) is 1.67. The van der Waals surface area contributed by atoms with E-state index >= 15 is 0 Å². The fourth-order valence-electron chi connectivity index (χ4n) is 1.46. The van der Waals surface area contributed by atoms with Crippen molar-refractivity contribution < 1.29 is 9.47 Å². The van der Waals surface area contributed by atoms with Gasteiger partial charge in [-0.3, -0.25) is 0 Å². The number of hydrogen-bond donors (Lipinski definition) is 0. The predicted octanol–water partition coefficient (Wildman–Crippen LogP) is 4.32. The van der Waals surface area contributed by atoms with Crippen molar-refractivity contribution in [2.24, 2.45) is 0 Å². The van der Waals surface area contributed by atoms with E-state index in [1.165, 1.54) is 0 Å². The van der Waals surface area contributed by atoms with Crippen LogP contribution in [0.4, 0.5) is 0 Å². The first-order valence-corrected chi connectivity index (χ1v) is 5.49. The molecular formula is C14H12ClO2. The number of methoxy groups -OCH3 is 1. The Bertz CT molecular complexity index is 523. The largest absolute Gasteiger partial charge is 0.497 e. The van der Waals surface area contributed by atoms with Gasteiger partial charge in [0.1, 0.15) is 17.2 Å². The van der Waals surface area contributed by atoms with E-state index < -0.39 is 0 Å². The minimum atomic E-state index is 0.574. The van der Waals surface area contributed by atoms with Crippen molar-refractivity contribution in [1.29, 1.82) is 0 Å². The normalized spacial score (nSPS) is 10.1. The van der Waals surface area contributed by atoms with Gasteiger partial charge in [-0.2, -0.15) is 0 Å². The molecule has 2 aromatic carbocycles. The molecule has 0 N–H and O–H groups in total. The van der Waals surface area contributed by atoms with Gasteiger partial charge >= 0.3 is 0 Å². The molecule has 3 heteroatoms. The number of halogens is 1. The minimum Gasteiger partial charge on any atom is -0.497 e. The first kappa shape index (κ1) is 11.8. The lowest BCUT2D eigenvalue weighted by Gasteiger charge is -2.08. The van der Waals surface area contributed by atoms with Crippen LogP contribution in [-0.2, 0) is 0 Å². The molecule has 0 heterocycles. The number of ether oxygens (including phenoxy) is 2. The van der Waals surface area contributed by atoms with Crippen molar-refractivity contribution in [3.05, 3.63) is 60.0 Å². The van der Waals surface area contributed by atoms with Gasteiger partial charge in [-0.25, -0.2) is 0 Å². The molecule has 0 amide bonds. The maximum atomic E-state index is 5.95. The van der Waals surface area contributed by atoms with E-state index in [2.05, 4.69) is 6.92 Å². The van der Waals surface area contributed by atoms with Crippen molar-refractivity contribution in [3.63, 3.8) is 0 Å². The van der Waals surface area contributed by atoms with E-state index in [9.17, 15) is 0 Å². The van der Waals surface area contributed by atoms with Gasteiger partial charge in [0.2, 0.25) is 0 Å². The number of benzene rings is 2. The summed E-state index contributed by atoms with van der Waals surface area (Å²) in [7, 11) is 1.59. The molecule has 0 unspecified atom stereocenters. The smallest absolute Gasteiger partial charge is 0.132 e. The van der Waals surface area contributed by atoms with Crippen LogP contribution in [0.25, 0.3) is 0 Å². The van der Waals surface area contributed by atoms with Gasteiger partial charge in [-0.15, -0.1) is 0 Å². The standard InChI is InChI=1S/C14H12ClO2/c1-10-4-3-5-12(6-10)17-14-8-11(15)7-13(9-14)16-2/h3-9H,1H2,2H3. The van der Waals surface area contributed by atoms with Crippen LogP contribution in [0.3, 0.4) is 0 Å². The van der Waals surface area contributed by atoms with Crippen molar-refractivity contribution in [2.75, 3.05) is 7.11 Å². The molecule has 0 aliphatic carbocycles. The summed E-state index contributed by atoms with van der Waals surface area (Å²) >= 11 is 5.95. The van der Waals surface area contributed by atoms with Crippen LogP contribution in [0, 0.1) is 6.92 Å². The van der Waals surface area contributed by atoms with Gasteiger partial charge in [-0.1, -0.05) is 23.7 Å². The van der Waals surface area contributed by atoms with Gasteiger partial charge in [-0.05, 0) is 36.8 Å². The molecule has 0 spiro atoms. The maximum Gasteiger partial charge on any atom is 0.132 e. The second-order valence-electron chi connectivity index (χ2n) is 3.58.